The van der Waals surface area contributed by atoms with Gasteiger partial charge in [0.05, 0.1) is 11.1 Å². The monoisotopic (exact) mass is 402 g/mol. The van der Waals surface area contributed by atoms with Crippen LogP contribution < -0.4 is 0 Å². The summed E-state index contributed by atoms with van der Waals surface area (Å²) >= 11 is 3.12. The molecule has 0 atom stereocenters. The molecule has 4 nitrogen and oxygen atoms in total. The molecule has 1 aliphatic carbocycles. The summed E-state index contributed by atoms with van der Waals surface area (Å²) in [5, 5.41) is 8.54. The minimum atomic E-state index is -0.910. The van der Waals surface area contributed by atoms with Gasteiger partial charge in [-0.1, -0.05) is 36.8 Å². The molecule has 0 bridgehead atoms. The van der Waals surface area contributed by atoms with E-state index in [1.54, 1.807) is 24.3 Å². The van der Waals surface area contributed by atoms with E-state index in [1.165, 1.54) is 19.3 Å². The summed E-state index contributed by atoms with van der Waals surface area (Å²) in [4.78, 5) is 22.1. The van der Waals surface area contributed by atoms with Crippen LogP contribution in [0.3, 0.4) is 0 Å². The van der Waals surface area contributed by atoms with Crippen molar-refractivity contribution in [3.05, 3.63) is 69.7 Å². The molecule has 25 heavy (non-hydrogen) atoms. The van der Waals surface area contributed by atoms with Crippen LogP contribution in [0.1, 0.15) is 58.4 Å². The molecule has 130 valence electrons. The minimum Gasteiger partial charge on any atom is -0.478 e. The third kappa shape index (κ3) is 3.61. The Morgan fingerprint density at radius 2 is 1.64 bits per heavy atom. The molecule has 2 aromatic rings. The van der Waals surface area contributed by atoms with Crippen LogP contribution in [0.4, 0.5) is 0 Å². The van der Waals surface area contributed by atoms with Crippen molar-refractivity contribution in [3.8, 4) is 0 Å². The van der Waals surface area contributed by atoms with E-state index in [-0.39, 0.29) is 11.6 Å². The summed E-state index contributed by atoms with van der Waals surface area (Å²) in [7, 11) is 0. The second kappa shape index (κ2) is 7.40. The van der Waals surface area contributed by atoms with E-state index in [9.17, 15) is 9.59 Å². The number of esters is 1. The summed E-state index contributed by atoms with van der Waals surface area (Å²) in [6.45, 7) is 0. The van der Waals surface area contributed by atoms with Crippen LogP contribution in [-0.4, -0.2) is 17.0 Å². The Kier molecular flexibility index (Phi) is 5.23. The first-order valence-electron chi connectivity index (χ1n) is 8.34. The number of carbonyl (C=O) groups is 2. The molecular formula is C20H19BrO4. The predicted molar refractivity (Wildman–Crippen MR) is 97.7 cm³/mol. The van der Waals surface area contributed by atoms with Crippen molar-refractivity contribution in [2.75, 3.05) is 0 Å². The van der Waals surface area contributed by atoms with Crippen LogP contribution in [0.2, 0.25) is 0 Å². The highest BCUT2D eigenvalue weighted by Crippen LogP contribution is 2.46. The van der Waals surface area contributed by atoms with Gasteiger partial charge in [0.1, 0.15) is 5.60 Å². The minimum absolute atomic E-state index is 0.132. The largest absolute Gasteiger partial charge is 0.478 e. The molecule has 5 heteroatoms. The second-order valence-corrected chi connectivity index (χ2v) is 7.13. The van der Waals surface area contributed by atoms with Crippen LogP contribution in [0.25, 0.3) is 0 Å². The number of halogens is 1. The van der Waals surface area contributed by atoms with Gasteiger partial charge >= 0.3 is 11.9 Å². The zero-order valence-corrected chi connectivity index (χ0v) is 15.3. The van der Waals surface area contributed by atoms with E-state index >= 15 is 0 Å². The van der Waals surface area contributed by atoms with E-state index in [1.807, 2.05) is 24.3 Å². The summed E-state index contributed by atoms with van der Waals surface area (Å²) in [5.41, 5.74) is 1.92. The first kappa shape index (κ1) is 17.7. The maximum atomic E-state index is 11.7. The van der Waals surface area contributed by atoms with Gasteiger partial charge in [0.25, 0.3) is 0 Å². The predicted octanol–water partition coefficient (Wildman–Crippen LogP) is 5.16. The first-order chi connectivity index (χ1) is 12.0. The van der Waals surface area contributed by atoms with Gasteiger partial charge in [-0.05, 0) is 59.8 Å². The van der Waals surface area contributed by atoms with Crippen LogP contribution in [0.5, 0.6) is 0 Å². The fraction of sp³-hybridized carbons (Fsp3) is 0.300. The summed E-state index contributed by atoms with van der Waals surface area (Å²) < 4.78 is 6.23. The van der Waals surface area contributed by atoms with Crippen molar-refractivity contribution in [2.45, 2.75) is 37.7 Å². The molecule has 0 radical (unpaired) electrons. The molecule has 1 N–H and O–H groups in total. The lowest BCUT2D eigenvalue weighted by atomic mass is 9.79. The average Bonchev–Trinajstić information content (AvgIpc) is 2.89. The van der Waals surface area contributed by atoms with E-state index < -0.39 is 5.97 Å². The van der Waals surface area contributed by atoms with Crippen molar-refractivity contribution in [2.24, 2.45) is 0 Å². The van der Waals surface area contributed by atoms with Gasteiger partial charge in [0.15, 0.2) is 0 Å². The van der Waals surface area contributed by atoms with E-state index in [0.29, 0.717) is 10.0 Å². The Morgan fingerprint density at radius 3 is 2.28 bits per heavy atom. The van der Waals surface area contributed by atoms with Gasteiger partial charge in [0, 0.05) is 10.0 Å². The zero-order chi connectivity index (χ0) is 17.9. The van der Waals surface area contributed by atoms with Crippen LogP contribution in [0.15, 0.2) is 53.0 Å². The van der Waals surface area contributed by atoms with E-state index in [0.717, 1.165) is 24.0 Å². The fourth-order valence-electron chi connectivity index (χ4n) is 3.47. The number of hydrogen-bond acceptors (Lipinski definition) is 3. The lowest BCUT2D eigenvalue weighted by molar-refractivity contribution is -0.0280. The Labute approximate surface area is 155 Å². The average molecular weight is 403 g/mol. The molecule has 4 rings (SSSR count). The zero-order valence-electron chi connectivity index (χ0n) is 13.7. The van der Waals surface area contributed by atoms with Crippen molar-refractivity contribution in [1.29, 1.82) is 0 Å². The van der Waals surface area contributed by atoms with E-state index in [2.05, 4.69) is 15.9 Å². The quantitative estimate of drug-likeness (QED) is 0.668. The van der Waals surface area contributed by atoms with Crippen molar-refractivity contribution < 1.29 is 19.4 Å². The maximum absolute atomic E-state index is 11.7. The molecule has 1 spiro atoms. The maximum Gasteiger partial charge on any atom is 0.339 e. The number of hydrogen-bond donors (Lipinski definition) is 1. The van der Waals surface area contributed by atoms with Gasteiger partial charge in [-0.25, -0.2) is 9.59 Å². The molecule has 1 heterocycles. The Bertz CT molecular complexity index is 794. The molecule has 2 aromatic carbocycles. The summed E-state index contributed by atoms with van der Waals surface area (Å²) in [5.74, 6) is -1.04. The number of carboxylic acid groups (broad SMARTS) is 1. The number of ether oxygens (including phenoxy) is 1. The highest BCUT2D eigenvalue weighted by molar-refractivity contribution is 9.10. The topological polar surface area (TPSA) is 63.6 Å². The number of fused-ring (bicyclic) bond motifs is 2. The highest BCUT2D eigenvalue weighted by atomic mass is 79.9. The Hall–Kier alpha value is -2.14. The third-order valence-electron chi connectivity index (χ3n) is 4.69. The Morgan fingerprint density at radius 1 is 1.00 bits per heavy atom. The van der Waals surface area contributed by atoms with Crippen molar-refractivity contribution >= 4 is 27.9 Å². The standard InChI is InChI=1S/C13H14O2.C7H5BrO2/c14-12-10-6-2-3-7-11(10)13(15-12)8-4-1-5-9-13;8-6-4-2-1-3-5(6)7(9)10/h2-3,6-7H,1,4-5,8-9H2;1-4H,(H,9,10). The summed E-state index contributed by atoms with van der Waals surface area (Å²) in [6.07, 6.45) is 5.59. The molecular weight excluding hydrogens is 384 g/mol. The lowest BCUT2D eigenvalue weighted by Gasteiger charge is -2.32. The van der Waals surface area contributed by atoms with Crippen LogP contribution >= 0.6 is 15.9 Å². The molecule has 1 saturated carbocycles. The van der Waals surface area contributed by atoms with Gasteiger partial charge in [-0.2, -0.15) is 0 Å². The van der Waals surface area contributed by atoms with Gasteiger partial charge in [0.2, 0.25) is 0 Å². The normalized spacial score (nSPS) is 17.2. The van der Waals surface area contributed by atoms with Gasteiger partial charge < -0.3 is 9.84 Å². The van der Waals surface area contributed by atoms with Crippen LogP contribution in [0, 0.1) is 0 Å². The van der Waals surface area contributed by atoms with Crippen molar-refractivity contribution in [3.63, 3.8) is 0 Å². The molecule has 2 aliphatic rings. The highest BCUT2D eigenvalue weighted by Gasteiger charge is 2.45. The fourth-order valence-corrected chi connectivity index (χ4v) is 3.93. The molecule has 0 unspecified atom stereocenters. The SMILES string of the molecule is O=C(O)c1ccccc1Br.O=C1OC2(CCCCC2)c2ccccc21. The number of carboxylic acids is 1. The molecule has 1 aliphatic heterocycles. The molecule has 0 amide bonds. The summed E-state index contributed by atoms with van der Waals surface area (Å²) in [6, 6.07) is 14.5. The van der Waals surface area contributed by atoms with Crippen LogP contribution in [-0.2, 0) is 10.3 Å². The van der Waals surface area contributed by atoms with Gasteiger partial charge in [-0.15, -0.1) is 0 Å². The smallest absolute Gasteiger partial charge is 0.339 e. The number of aromatic carboxylic acids is 1. The lowest BCUT2D eigenvalue weighted by Crippen LogP contribution is -2.28. The Balaban J connectivity index is 0.000000160. The molecule has 0 aromatic heterocycles. The molecule has 1 fully saturated rings. The van der Waals surface area contributed by atoms with Gasteiger partial charge in [-0.3, -0.25) is 0 Å². The van der Waals surface area contributed by atoms with E-state index in [4.69, 9.17) is 9.84 Å². The van der Waals surface area contributed by atoms with Crippen molar-refractivity contribution in [1.82, 2.24) is 0 Å². The number of rotatable bonds is 1. The molecule has 0 saturated heterocycles. The number of carbonyl (C=O) groups excluding carboxylic acids is 1. The number of benzene rings is 2. The second-order valence-electron chi connectivity index (χ2n) is 6.28. The first-order valence-corrected chi connectivity index (χ1v) is 9.13. The third-order valence-corrected chi connectivity index (χ3v) is 5.38.